The van der Waals surface area contributed by atoms with Crippen LogP contribution in [0.3, 0.4) is 0 Å². The van der Waals surface area contributed by atoms with Crippen LogP contribution in [0.5, 0.6) is 0 Å². The minimum absolute atomic E-state index is 0.00722. The van der Waals surface area contributed by atoms with Crippen molar-refractivity contribution in [3.05, 3.63) is 63.7 Å². The third-order valence-electron chi connectivity index (χ3n) is 4.38. The van der Waals surface area contributed by atoms with E-state index in [1.165, 1.54) is 18.2 Å². The molecule has 148 valence electrons. The number of nitrogens with two attached hydrogens (primary N) is 2. The standard InChI is InChI=1S/C20H17ClFN5OS/c1-10-5-13(11(2)27(10)12-3-4-16(22)15(21)6-12)18(28)9-29-20-14(8-23)17(24)7-19(25)26-20/h3-7H,9H2,1-2H3,(H4,24,25,26). The lowest BCUT2D eigenvalue weighted by Crippen LogP contribution is -2.07. The van der Waals surface area contributed by atoms with E-state index in [0.717, 1.165) is 17.5 Å². The number of Topliss-reactive ketones (excluding diaryl/α,β-unsaturated/α-hetero) is 1. The second kappa shape index (κ2) is 8.15. The number of rotatable bonds is 5. The van der Waals surface area contributed by atoms with Gasteiger partial charge in [-0.3, -0.25) is 4.79 Å². The van der Waals surface area contributed by atoms with Gasteiger partial charge in [0.1, 0.15) is 28.3 Å². The lowest BCUT2D eigenvalue weighted by atomic mass is 10.2. The van der Waals surface area contributed by atoms with E-state index < -0.39 is 5.82 Å². The van der Waals surface area contributed by atoms with Crippen molar-refractivity contribution in [2.24, 2.45) is 0 Å². The van der Waals surface area contributed by atoms with Gasteiger partial charge in [-0.15, -0.1) is 0 Å². The molecule has 4 N–H and O–H groups in total. The first kappa shape index (κ1) is 20.7. The van der Waals surface area contributed by atoms with Gasteiger partial charge in [0.2, 0.25) is 0 Å². The van der Waals surface area contributed by atoms with E-state index in [1.807, 2.05) is 17.6 Å². The molecular formula is C20H17ClFN5OS. The predicted molar refractivity (Wildman–Crippen MR) is 113 cm³/mol. The molecule has 2 heterocycles. The molecule has 6 nitrogen and oxygen atoms in total. The first-order chi connectivity index (χ1) is 13.7. The largest absolute Gasteiger partial charge is 0.397 e. The van der Waals surface area contributed by atoms with Crippen molar-refractivity contribution in [3.63, 3.8) is 0 Å². The molecule has 0 aliphatic heterocycles. The van der Waals surface area contributed by atoms with Crippen LogP contribution in [0.15, 0.2) is 35.4 Å². The number of aryl methyl sites for hydroxylation is 1. The Morgan fingerprint density at radius 3 is 2.69 bits per heavy atom. The monoisotopic (exact) mass is 429 g/mol. The zero-order valence-electron chi connectivity index (χ0n) is 15.7. The number of halogens is 2. The van der Waals surface area contributed by atoms with Gasteiger partial charge >= 0.3 is 0 Å². The quantitative estimate of drug-likeness (QED) is 0.462. The Labute approximate surface area is 176 Å². The Morgan fingerprint density at radius 1 is 1.31 bits per heavy atom. The number of ketones is 1. The van der Waals surface area contributed by atoms with E-state index in [9.17, 15) is 14.4 Å². The second-order valence-corrected chi connectivity index (χ2v) is 7.73. The summed E-state index contributed by atoms with van der Waals surface area (Å²) in [4.78, 5) is 16.9. The van der Waals surface area contributed by atoms with Crippen molar-refractivity contribution in [2.75, 3.05) is 17.2 Å². The maximum Gasteiger partial charge on any atom is 0.174 e. The van der Waals surface area contributed by atoms with Gasteiger partial charge in [-0.25, -0.2) is 9.37 Å². The fourth-order valence-electron chi connectivity index (χ4n) is 3.06. The number of pyridine rings is 1. The minimum atomic E-state index is -0.507. The normalized spacial score (nSPS) is 10.7. The first-order valence-electron chi connectivity index (χ1n) is 8.49. The third kappa shape index (κ3) is 4.06. The lowest BCUT2D eigenvalue weighted by Gasteiger charge is -2.11. The van der Waals surface area contributed by atoms with Crippen molar-refractivity contribution >= 4 is 40.7 Å². The molecule has 3 aromatic rings. The fraction of sp³-hybridized carbons (Fsp3) is 0.150. The number of thioether (sulfide) groups is 1. The Hall–Kier alpha value is -3.02. The molecular weight excluding hydrogens is 413 g/mol. The van der Waals surface area contributed by atoms with E-state index >= 15 is 0 Å². The molecule has 0 radical (unpaired) electrons. The topological polar surface area (TPSA) is 111 Å². The fourth-order valence-corrected chi connectivity index (χ4v) is 4.13. The minimum Gasteiger partial charge on any atom is -0.397 e. The van der Waals surface area contributed by atoms with Gasteiger partial charge in [0.15, 0.2) is 5.78 Å². The molecule has 0 aliphatic rings. The molecule has 1 aromatic carbocycles. The summed E-state index contributed by atoms with van der Waals surface area (Å²) < 4.78 is 15.3. The van der Waals surface area contributed by atoms with Crippen LogP contribution >= 0.6 is 23.4 Å². The van der Waals surface area contributed by atoms with Gasteiger partial charge in [0, 0.05) is 28.7 Å². The number of carbonyl (C=O) groups is 1. The van der Waals surface area contributed by atoms with Crippen molar-refractivity contribution in [2.45, 2.75) is 18.9 Å². The number of anilines is 2. The molecule has 0 fully saturated rings. The molecule has 0 unspecified atom stereocenters. The number of hydrogen-bond acceptors (Lipinski definition) is 6. The van der Waals surface area contributed by atoms with Crippen molar-refractivity contribution < 1.29 is 9.18 Å². The SMILES string of the molecule is Cc1cc(C(=O)CSc2nc(N)cc(N)c2C#N)c(C)n1-c1ccc(F)c(Cl)c1. The molecule has 0 spiro atoms. The number of carbonyl (C=O) groups excluding carboxylic acids is 1. The van der Waals surface area contributed by atoms with Gasteiger partial charge < -0.3 is 16.0 Å². The molecule has 3 rings (SSSR count). The summed E-state index contributed by atoms with van der Waals surface area (Å²) in [5.74, 6) is -0.413. The van der Waals surface area contributed by atoms with Crippen LogP contribution in [-0.2, 0) is 0 Å². The van der Waals surface area contributed by atoms with Gasteiger partial charge in [-0.2, -0.15) is 5.26 Å². The summed E-state index contributed by atoms with van der Waals surface area (Å²) in [5, 5.41) is 9.60. The highest BCUT2D eigenvalue weighted by Gasteiger charge is 2.19. The molecule has 9 heteroatoms. The molecule has 0 atom stereocenters. The predicted octanol–water partition coefficient (Wildman–Crippen LogP) is 4.29. The summed E-state index contributed by atoms with van der Waals surface area (Å²) in [6.07, 6.45) is 0. The van der Waals surface area contributed by atoms with E-state index in [2.05, 4.69) is 4.98 Å². The van der Waals surface area contributed by atoms with Crippen LogP contribution in [0.4, 0.5) is 15.9 Å². The van der Waals surface area contributed by atoms with Crippen LogP contribution in [0.25, 0.3) is 5.69 Å². The van der Waals surface area contributed by atoms with Crippen molar-refractivity contribution in [3.8, 4) is 11.8 Å². The molecule has 0 saturated carbocycles. The number of hydrogen-bond donors (Lipinski definition) is 2. The van der Waals surface area contributed by atoms with Crippen molar-refractivity contribution in [1.82, 2.24) is 9.55 Å². The summed E-state index contributed by atoms with van der Waals surface area (Å²) in [5.41, 5.74) is 14.6. The molecule has 0 amide bonds. The maximum absolute atomic E-state index is 13.5. The number of nitrogens with zero attached hydrogens (tertiary/aromatic N) is 3. The van der Waals surface area contributed by atoms with E-state index in [4.69, 9.17) is 23.1 Å². The van der Waals surface area contributed by atoms with E-state index in [-0.39, 0.29) is 33.6 Å². The van der Waals surface area contributed by atoms with Gasteiger partial charge in [-0.1, -0.05) is 23.4 Å². The highest BCUT2D eigenvalue weighted by molar-refractivity contribution is 8.00. The van der Waals surface area contributed by atoms with Gasteiger partial charge in [-0.05, 0) is 38.1 Å². The van der Waals surface area contributed by atoms with Gasteiger partial charge in [0.25, 0.3) is 0 Å². The smallest absolute Gasteiger partial charge is 0.174 e. The lowest BCUT2D eigenvalue weighted by molar-refractivity contribution is 0.102. The van der Waals surface area contributed by atoms with Crippen molar-refractivity contribution in [1.29, 1.82) is 5.26 Å². The molecule has 0 bridgehead atoms. The average Bonchev–Trinajstić information content (AvgIpc) is 2.96. The Kier molecular flexibility index (Phi) is 5.82. The first-order valence-corrected chi connectivity index (χ1v) is 9.85. The second-order valence-electron chi connectivity index (χ2n) is 6.36. The third-order valence-corrected chi connectivity index (χ3v) is 5.65. The Balaban J connectivity index is 1.88. The van der Waals surface area contributed by atoms with Crippen LogP contribution in [0, 0.1) is 31.0 Å². The molecule has 0 aliphatic carbocycles. The summed E-state index contributed by atoms with van der Waals surface area (Å²) >= 11 is 7.00. The highest BCUT2D eigenvalue weighted by atomic mass is 35.5. The number of aromatic nitrogens is 2. The summed E-state index contributed by atoms with van der Waals surface area (Å²) in [7, 11) is 0. The molecule has 0 saturated heterocycles. The van der Waals surface area contributed by atoms with Crippen LogP contribution in [-0.4, -0.2) is 21.1 Å². The van der Waals surface area contributed by atoms with E-state index in [0.29, 0.717) is 22.0 Å². The number of benzene rings is 1. The van der Waals surface area contributed by atoms with E-state index in [1.54, 1.807) is 19.1 Å². The highest BCUT2D eigenvalue weighted by Crippen LogP contribution is 2.29. The van der Waals surface area contributed by atoms with Crippen LogP contribution in [0.1, 0.15) is 27.3 Å². The Morgan fingerprint density at radius 2 is 2.03 bits per heavy atom. The Bertz CT molecular complexity index is 1170. The van der Waals surface area contributed by atoms with Crippen LogP contribution < -0.4 is 11.5 Å². The summed E-state index contributed by atoms with van der Waals surface area (Å²) in [6.45, 7) is 3.65. The zero-order valence-corrected chi connectivity index (χ0v) is 17.2. The zero-order chi connectivity index (χ0) is 21.3. The maximum atomic E-state index is 13.5. The molecule has 29 heavy (non-hydrogen) atoms. The molecule has 2 aromatic heterocycles. The number of nitriles is 1. The van der Waals surface area contributed by atoms with Gasteiger partial charge in [0.05, 0.1) is 16.5 Å². The van der Waals surface area contributed by atoms with Crippen LogP contribution in [0.2, 0.25) is 5.02 Å². The average molecular weight is 430 g/mol. The summed E-state index contributed by atoms with van der Waals surface area (Å²) in [6, 6.07) is 9.56. The number of nitrogen functional groups attached to an aromatic ring is 2.